The molecule has 0 amide bonds. The van der Waals surface area contributed by atoms with Crippen LogP contribution in [-0.2, 0) is 11.2 Å². The average molecular weight is 283 g/mol. The molecule has 1 aliphatic heterocycles. The van der Waals surface area contributed by atoms with Crippen LogP contribution >= 0.6 is 11.6 Å². The van der Waals surface area contributed by atoms with E-state index in [0.29, 0.717) is 0 Å². The number of anilines is 1. The molecule has 1 aromatic rings. The van der Waals surface area contributed by atoms with Gasteiger partial charge in [-0.05, 0) is 44.4 Å². The summed E-state index contributed by atoms with van der Waals surface area (Å²) in [7, 11) is 0. The maximum atomic E-state index is 6.42. The lowest BCUT2D eigenvalue weighted by Gasteiger charge is -2.25. The summed E-state index contributed by atoms with van der Waals surface area (Å²) in [6.07, 6.45) is 2.16. The van der Waals surface area contributed by atoms with E-state index < -0.39 is 0 Å². The molecule has 3 nitrogen and oxygen atoms in total. The fourth-order valence-corrected chi connectivity index (χ4v) is 2.84. The van der Waals surface area contributed by atoms with Crippen molar-refractivity contribution in [1.82, 2.24) is 0 Å². The first-order chi connectivity index (χ1) is 9.06. The van der Waals surface area contributed by atoms with Gasteiger partial charge in [0, 0.05) is 25.7 Å². The number of benzene rings is 1. The molecule has 0 saturated carbocycles. The molecular weight excluding hydrogens is 260 g/mol. The molecule has 0 radical (unpaired) electrons. The van der Waals surface area contributed by atoms with Crippen LogP contribution < -0.4 is 10.6 Å². The van der Waals surface area contributed by atoms with E-state index >= 15 is 0 Å². The monoisotopic (exact) mass is 282 g/mol. The number of hydrogen-bond donors (Lipinski definition) is 1. The minimum absolute atomic E-state index is 0.161. The Bertz CT molecular complexity index is 423. The Morgan fingerprint density at radius 2 is 2.32 bits per heavy atom. The minimum Gasteiger partial charge on any atom is -0.377 e. The Balaban J connectivity index is 2.15. The lowest BCUT2D eigenvalue weighted by Crippen LogP contribution is -2.30. The first-order valence-corrected chi connectivity index (χ1v) is 7.34. The van der Waals surface area contributed by atoms with Crippen LogP contribution in [0.5, 0.6) is 0 Å². The standard InChI is InChI=1S/C15H23ClN2O/c1-11(17)8-13-4-5-15(14(16)9-13)18-6-3-7-19-12(2)10-18/h4-5,9,11-12H,3,6-8,10,17H2,1-2H3. The van der Waals surface area contributed by atoms with E-state index in [1.807, 2.05) is 13.0 Å². The summed E-state index contributed by atoms with van der Waals surface area (Å²) >= 11 is 6.42. The van der Waals surface area contributed by atoms with Crippen LogP contribution in [0.4, 0.5) is 5.69 Å². The third kappa shape index (κ3) is 4.10. The number of ether oxygens (including phenoxy) is 1. The van der Waals surface area contributed by atoms with E-state index in [2.05, 4.69) is 24.0 Å². The summed E-state index contributed by atoms with van der Waals surface area (Å²) in [5.74, 6) is 0. The van der Waals surface area contributed by atoms with E-state index in [-0.39, 0.29) is 12.1 Å². The predicted octanol–water partition coefficient (Wildman–Crippen LogP) is 2.84. The molecule has 2 rings (SSSR count). The Labute approximate surface area is 120 Å². The normalized spacial score (nSPS) is 22.1. The van der Waals surface area contributed by atoms with Crippen LogP contribution in [0.15, 0.2) is 18.2 Å². The van der Waals surface area contributed by atoms with Crippen molar-refractivity contribution in [3.8, 4) is 0 Å². The van der Waals surface area contributed by atoms with E-state index in [0.717, 1.165) is 43.2 Å². The summed E-state index contributed by atoms with van der Waals surface area (Å²) in [6.45, 7) is 6.84. The summed E-state index contributed by atoms with van der Waals surface area (Å²) in [5.41, 5.74) is 8.13. The van der Waals surface area contributed by atoms with E-state index in [9.17, 15) is 0 Å². The van der Waals surface area contributed by atoms with Crippen molar-refractivity contribution >= 4 is 17.3 Å². The van der Waals surface area contributed by atoms with Crippen molar-refractivity contribution in [3.05, 3.63) is 28.8 Å². The highest BCUT2D eigenvalue weighted by Crippen LogP contribution is 2.28. The molecule has 1 aromatic carbocycles. The maximum Gasteiger partial charge on any atom is 0.0721 e. The predicted molar refractivity (Wildman–Crippen MR) is 81.0 cm³/mol. The third-order valence-electron chi connectivity index (χ3n) is 3.36. The quantitative estimate of drug-likeness (QED) is 0.926. The molecule has 2 N–H and O–H groups in total. The SMILES string of the molecule is CC(N)Cc1ccc(N2CCCOC(C)C2)c(Cl)c1. The number of nitrogens with two attached hydrogens (primary N) is 1. The van der Waals surface area contributed by atoms with E-state index in [4.69, 9.17) is 22.1 Å². The van der Waals surface area contributed by atoms with Crippen molar-refractivity contribution in [3.63, 3.8) is 0 Å². The Morgan fingerprint density at radius 3 is 3.00 bits per heavy atom. The van der Waals surface area contributed by atoms with Crippen molar-refractivity contribution < 1.29 is 4.74 Å². The van der Waals surface area contributed by atoms with Crippen molar-refractivity contribution in [1.29, 1.82) is 0 Å². The third-order valence-corrected chi connectivity index (χ3v) is 3.67. The van der Waals surface area contributed by atoms with Gasteiger partial charge in [0.25, 0.3) is 0 Å². The van der Waals surface area contributed by atoms with Crippen LogP contribution in [0.3, 0.4) is 0 Å². The molecule has 106 valence electrons. The van der Waals surface area contributed by atoms with Gasteiger partial charge in [-0.3, -0.25) is 0 Å². The topological polar surface area (TPSA) is 38.5 Å². The number of nitrogens with zero attached hydrogens (tertiary/aromatic N) is 1. The molecule has 1 aliphatic rings. The highest BCUT2D eigenvalue weighted by atomic mass is 35.5. The van der Waals surface area contributed by atoms with Crippen molar-refractivity contribution in [2.45, 2.75) is 38.8 Å². The molecule has 4 heteroatoms. The van der Waals surface area contributed by atoms with Crippen molar-refractivity contribution in [2.75, 3.05) is 24.6 Å². The van der Waals surface area contributed by atoms with E-state index in [1.54, 1.807) is 0 Å². The van der Waals surface area contributed by atoms with Gasteiger partial charge in [-0.1, -0.05) is 17.7 Å². The second kappa shape index (κ2) is 6.60. The summed E-state index contributed by atoms with van der Waals surface area (Å²) < 4.78 is 5.67. The fourth-order valence-electron chi connectivity index (χ4n) is 2.52. The lowest BCUT2D eigenvalue weighted by atomic mass is 10.1. The summed E-state index contributed by atoms with van der Waals surface area (Å²) in [6, 6.07) is 6.43. The molecule has 2 unspecified atom stereocenters. The van der Waals surface area contributed by atoms with Gasteiger partial charge < -0.3 is 15.4 Å². The highest BCUT2D eigenvalue weighted by molar-refractivity contribution is 6.33. The molecule has 0 bridgehead atoms. The summed E-state index contributed by atoms with van der Waals surface area (Å²) in [4.78, 5) is 2.32. The van der Waals surface area contributed by atoms with Gasteiger partial charge in [-0.15, -0.1) is 0 Å². The maximum absolute atomic E-state index is 6.42. The molecular formula is C15H23ClN2O. The van der Waals surface area contributed by atoms with Gasteiger partial charge in [-0.25, -0.2) is 0 Å². The van der Waals surface area contributed by atoms with Crippen LogP contribution in [0.1, 0.15) is 25.8 Å². The molecule has 0 spiro atoms. The van der Waals surface area contributed by atoms with E-state index in [1.165, 1.54) is 5.56 Å². The van der Waals surface area contributed by atoms with Gasteiger partial charge in [0.15, 0.2) is 0 Å². The average Bonchev–Trinajstić information content (AvgIpc) is 2.53. The first kappa shape index (κ1) is 14.6. The van der Waals surface area contributed by atoms with Gasteiger partial charge in [0.2, 0.25) is 0 Å². The second-order valence-corrected chi connectivity index (χ2v) is 5.86. The molecule has 19 heavy (non-hydrogen) atoms. The van der Waals surface area contributed by atoms with Gasteiger partial charge >= 0.3 is 0 Å². The first-order valence-electron chi connectivity index (χ1n) is 6.97. The zero-order valence-electron chi connectivity index (χ0n) is 11.7. The molecule has 0 aromatic heterocycles. The highest BCUT2D eigenvalue weighted by Gasteiger charge is 2.17. The van der Waals surface area contributed by atoms with Gasteiger partial charge in [0.05, 0.1) is 16.8 Å². The van der Waals surface area contributed by atoms with Crippen molar-refractivity contribution in [2.24, 2.45) is 5.73 Å². The second-order valence-electron chi connectivity index (χ2n) is 5.45. The zero-order valence-corrected chi connectivity index (χ0v) is 12.5. The number of halogens is 1. The van der Waals surface area contributed by atoms with Crippen LogP contribution in [0.2, 0.25) is 5.02 Å². The molecule has 1 fully saturated rings. The zero-order chi connectivity index (χ0) is 13.8. The van der Waals surface area contributed by atoms with Crippen LogP contribution in [0.25, 0.3) is 0 Å². The lowest BCUT2D eigenvalue weighted by molar-refractivity contribution is 0.0821. The van der Waals surface area contributed by atoms with Crippen LogP contribution in [-0.4, -0.2) is 31.8 Å². The minimum atomic E-state index is 0.161. The molecule has 1 heterocycles. The number of rotatable bonds is 3. The Kier molecular flexibility index (Phi) is 5.08. The summed E-state index contributed by atoms with van der Waals surface area (Å²) in [5, 5.41) is 0.812. The van der Waals surface area contributed by atoms with Gasteiger partial charge in [-0.2, -0.15) is 0 Å². The van der Waals surface area contributed by atoms with Gasteiger partial charge in [0.1, 0.15) is 0 Å². The molecule has 0 aliphatic carbocycles. The fraction of sp³-hybridized carbons (Fsp3) is 0.600. The largest absolute Gasteiger partial charge is 0.377 e. The smallest absolute Gasteiger partial charge is 0.0721 e. The number of hydrogen-bond acceptors (Lipinski definition) is 3. The Morgan fingerprint density at radius 1 is 1.53 bits per heavy atom. The molecule has 1 saturated heterocycles. The molecule has 2 atom stereocenters. The Hall–Kier alpha value is -0.770. The van der Waals surface area contributed by atoms with Crippen LogP contribution in [0, 0.1) is 0 Å².